The van der Waals surface area contributed by atoms with Gasteiger partial charge in [-0.15, -0.1) is 0 Å². The third kappa shape index (κ3) is 5.28. The quantitative estimate of drug-likeness (QED) is 0.200. The first-order valence-corrected chi connectivity index (χ1v) is 13.4. The molecule has 0 radical (unpaired) electrons. The number of amides is 1. The van der Waals surface area contributed by atoms with Crippen molar-refractivity contribution >= 4 is 28.5 Å². The fraction of sp³-hybridized carbons (Fsp3) is 0.258. The molecule has 0 saturated heterocycles. The van der Waals surface area contributed by atoms with Crippen LogP contribution in [0.25, 0.3) is 10.9 Å². The molecule has 0 saturated carbocycles. The third-order valence-electron chi connectivity index (χ3n) is 7.31. The first kappa shape index (κ1) is 28.3. The normalized spacial score (nSPS) is 15.7. The van der Waals surface area contributed by atoms with Gasteiger partial charge in [0.15, 0.2) is 6.61 Å². The van der Waals surface area contributed by atoms with E-state index in [2.05, 4.69) is 4.98 Å². The van der Waals surface area contributed by atoms with Gasteiger partial charge in [-0.05, 0) is 49.2 Å². The number of carboxylic acids is 1. The lowest BCUT2D eigenvalue weighted by Gasteiger charge is -2.30. The Kier molecular flexibility index (Phi) is 7.92. The number of nitro groups is 1. The highest BCUT2D eigenvalue weighted by Crippen LogP contribution is 2.48. The fourth-order valence-electron chi connectivity index (χ4n) is 5.51. The molecule has 1 N–H and O–H groups in total. The first-order valence-electron chi connectivity index (χ1n) is 13.4. The zero-order valence-corrected chi connectivity index (χ0v) is 23.3. The van der Waals surface area contributed by atoms with Crippen molar-refractivity contribution in [2.24, 2.45) is 0 Å². The molecule has 216 valence electrons. The number of fused-ring (bicyclic) bond motifs is 2. The number of hydrogen-bond donors (Lipinski definition) is 1. The zero-order valence-electron chi connectivity index (χ0n) is 23.3. The minimum absolute atomic E-state index is 0.109. The van der Waals surface area contributed by atoms with Gasteiger partial charge in [-0.1, -0.05) is 24.3 Å². The summed E-state index contributed by atoms with van der Waals surface area (Å²) < 4.78 is 17.0. The molecule has 0 unspecified atom stereocenters. The maximum absolute atomic E-state index is 13.8. The predicted molar refractivity (Wildman–Crippen MR) is 153 cm³/mol. The Morgan fingerprint density at radius 3 is 2.40 bits per heavy atom. The highest BCUT2D eigenvalue weighted by atomic mass is 16.6. The lowest BCUT2D eigenvalue weighted by molar-refractivity contribution is -0.385. The van der Waals surface area contributed by atoms with Crippen molar-refractivity contribution in [3.63, 3.8) is 0 Å². The number of carbonyl (C=O) groups excluding carboxylic acids is 1. The van der Waals surface area contributed by atoms with E-state index in [1.165, 1.54) is 19.2 Å². The lowest BCUT2D eigenvalue weighted by atomic mass is 9.96. The molecule has 0 aliphatic carbocycles. The number of ether oxygens (including phenoxy) is 3. The molecule has 1 amide bonds. The van der Waals surface area contributed by atoms with Gasteiger partial charge in [0.05, 0.1) is 42.7 Å². The SMILES string of the molecule is CCOc1ccc([N+](=O)[O-])cc1[C@@H]1c2ccccc2[C@H](C)N1C(=O)COc1ccc2ccc(OC)c(CC(=O)O)c2n1. The van der Waals surface area contributed by atoms with E-state index in [1.807, 2.05) is 38.1 Å². The summed E-state index contributed by atoms with van der Waals surface area (Å²) in [7, 11) is 1.45. The van der Waals surface area contributed by atoms with E-state index in [0.29, 0.717) is 40.1 Å². The minimum atomic E-state index is -1.04. The summed E-state index contributed by atoms with van der Waals surface area (Å²) in [5.74, 6) is -0.422. The number of carboxylic acid groups (broad SMARTS) is 1. The number of non-ortho nitro benzene ring substituents is 1. The van der Waals surface area contributed by atoms with Gasteiger partial charge in [0.2, 0.25) is 5.88 Å². The standard InChI is InChI=1S/C31H29N3O8/c1-4-41-26-13-11-20(34(38)39)15-24(26)31-22-8-6-5-7-21(22)18(2)33(31)28(35)17-42-27-14-10-19-9-12-25(40-3)23(16-29(36)37)30(19)32-27/h5-15,18,31H,4,16-17H2,1-3H3,(H,36,37)/t18-,31-/m0/s1. The minimum Gasteiger partial charge on any atom is -0.496 e. The molecule has 0 bridgehead atoms. The Morgan fingerprint density at radius 2 is 1.71 bits per heavy atom. The highest BCUT2D eigenvalue weighted by molar-refractivity contribution is 5.88. The van der Waals surface area contributed by atoms with Crippen molar-refractivity contribution in [3.8, 4) is 17.4 Å². The van der Waals surface area contributed by atoms with Gasteiger partial charge in [-0.25, -0.2) is 4.98 Å². The molecule has 1 aliphatic heterocycles. The van der Waals surface area contributed by atoms with E-state index in [-0.39, 0.29) is 36.5 Å². The average Bonchev–Trinajstić information content (AvgIpc) is 3.28. The number of rotatable bonds is 10. The summed E-state index contributed by atoms with van der Waals surface area (Å²) in [4.78, 5) is 42.7. The van der Waals surface area contributed by atoms with Crippen molar-refractivity contribution in [2.75, 3.05) is 20.3 Å². The maximum atomic E-state index is 13.8. The van der Waals surface area contributed by atoms with Crippen LogP contribution >= 0.6 is 0 Å². The van der Waals surface area contributed by atoms with Crippen LogP contribution in [0, 0.1) is 10.1 Å². The molecule has 1 aliphatic rings. The molecule has 4 aromatic rings. The number of pyridine rings is 1. The second kappa shape index (κ2) is 11.7. The fourth-order valence-corrected chi connectivity index (χ4v) is 5.51. The summed E-state index contributed by atoms with van der Waals surface area (Å²) in [6.45, 7) is 3.69. The van der Waals surface area contributed by atoms with Gasteiger partial charge in [-0.3, -0.25) is 19.7 Å². The summed E-state index contributed by atoms with van der Waals surface area (Å²) in [5, 5.41) is 21.8. The summed E-state index contributed by atoms with van der Waals surface area (Å²) in [6.07, 6.45) is -0.299. The Bertz CT molecular complexity index is 1690. The van der Waals surface area contributed by atoms with Gasteiger partial charge in [0.1, 0.15) is 11.5 Å². The summed E-state index contributed by atoms with van der Waals surface area (Å²) >= 11 is 0. The van der Waals surface area contributed by atoms with E-state index >= 15 is 0 Å². The number of methoxy groups -OCH3 is 1. The van der Waals surface area contributed by atoms with Crippen LogP contribution in [0.2, 0.25) is 0 Å². The van der Waals surface area contributed by atoms with Crippen LogP contribution in [0.1, 0.15) is 48.2 Å². The Labute approximate surface area is 241 Å². The van der Waals surface area contributed by atoms with Gasteiger partial charge in [0.25, 0.3) is 11.6 Å². The van der Waals surface area contributed by atoms with Crippen molar-refractivity contribution in [1.82, 2.24) is 9.88 Å². The number of aromatic nitrogens is 1. The van der Waals surface area contributed by atoms with Crippen LogP contribution in [-0.2, 0) is 16.0 Å². The van der Waals surface area contributed by atoms with E-state index < -0.39 is 16.9 Å². The monoisotopic (exact) mass is 571 g/mol. The average molecular weight is 572 g/mol. The molecule has 0 fully saturated rings. The molecule has 11 nitrogen and oxygen atoms in total. The van der Waals surface area contributed by atoms with Crippen molar-refractivity contribution in [3.05, 3.63) is 99.1 Å². The first-order chi connectivity index (χ1) is 20.2. The molecule has 42 heavy (non-hydrogen) atoms. The molecule has 11 heteroatoms. The molecule has 2 atom stereocenters. The summed E-state index contributed by atoms with van der Waals surface area (Å²) in [6, 6.07) is 17.8. The lowest BCUT2D eigenvalue weighted by Crippen LogP contribution is -2.36. The second-order valence-electron chi connectivity index (χ2n) is 9.75. The Hall–Kier alpha value is -5.19. The second-order valence-corrected chi connectivity index (χ2v) is 9.75. The van der Waals surface area contributed by atoms with Crippen LogP contribution in [-0.4, -0.2) is 52.1 Å². The van der Waals surface area contributed by atoms with E-state index in [0.717, 1.165) is 11.1 Å². The largest absolute Gasteiger partial charge is 0.496 e. The van der Waals surface area contributed by atoms with Gasteiger partial charge in [0, 0.05) is 34.7 Å². The maximum Gasteiger partial charge on any atom is 0.308 e. The van der Waals surface area contributed by atoms with Crippen molar-refractivity contribution in [1.29, 1.82) is 0 Å². The smallest absolute Gasteiger partial charge is 0.308 e. The van der Waals surface area contributed by atoms with Crippen LogP contribution in [0.15, 0.2) is 66.7 Å². The van der Waals surface area contributed by atoms with Crippen LogP contribution in [0.4, 0.5) is 5.69 Å². The number of aliphatic carboxylic acids is 1. The van der Waals surface area contributed by atoms with Crippen LogP contribution in [0.5, 0.6) is 17.4 Å². The molecule has 1 aromatic heterocycles. The van der Waals surface area contributed by atoms with Gasteiger partial charge in [-0.2, -0.15) is 0 Å². The molecular formula is C31H29N3O8. The summed E-state index contributed by atoms with van der Waals surface area (Å²) in [5.41, 5.74) is 2.96. The van der Waals surface area contributed by atoms with E-state index in [9.17, 15) is 24.8 Å². The van der Waals surface area contributed by atoms with E-state index in [4.69, 9.17) is 14.2 Å². The van der Waals surface area contributed by atoms with Gasteiger partial charge >= 0.3 is 5.97 Å². The third-order valence-corrected chi connectivity index (χ3v) is 7.31. The van der Waals surface area contributed by atoms with Crippen molar-refractivity contribution < 1.29 is 33.8 Å². The zero-order chi connectivity index (χ0) is 30.0. The molecular weight excluding hydrogens is 542 g/mol. The van der Waals surface area contributed by atoms with Crippen LogP contribution in [0.3, 0.4) is 0 Å². The molecule has 0 spiro atoms. The Morgan fingerprint density at radius 1 is 1.00 bits per heavy atom. The molecule has 3 aromatic carbocycles. The number of carbonyl (C=O) groups is 2. The van der Waals surface area contributed by atoms with Crippen molar-refractivity contribution in [2.45, 2.75) is 32.4 Å². The highest BCUT2D eigenvalue weighted by Gasteiger charge is 2.41. The number of hydrogen-bond acceptors (Lipinski definition) is 8. The predicted octanol–water partition coefficient (Wildman–Crippen LogP) is 5.25. The topological polar surface area (TPSA) is 141 Å². The number of nitro benzene ring substituents is 1. The Balaban J connectivity index is 1.49. The van der Waals surface area contributed by atoms with Crippen LogP contribution < -0.4 is 14.2 Å². The van der Waals surface area contributed by atoms with Gasteiger partial charge < -0.3 is 24.2 Å². The molecule has 2 heterocycles. The number of nitrogens with zero attached hydrogens (tertiary/aromatic N) is 3. The van der Waals surface area contributed by atoms with E-state index in [1.54, 1.807) is 35.2 Å². The molecule has 5 rings (SSSR count). The number of benzene rings is 3.